The summed E-state index contributed by atoms with van der Waals surface area (Å²) in [6.07, 6.45) is 2.69. The molecular formula is C16H21NO4. The second kappa shape index (κ2) is 5.76. The van der Waals surface area contributed by atoms with Gasteiger partial charge in [-0.15, -0.1) is 0 Å². The van der Waals surface area contributed by atoms with Gasteiger partial charge in [-0.3, -0.25) is 4.79 Å². The number of benzene rings is 1. The van der Waals surface area contributed by atoms with Crippen LogP contribution in [0, 0.1) is 12.8 Å². The summed E-state index contributed by atoms with van der Waals surface area (Å²) in [5.74, 6) is -0.991. The molecule has 1 aromatic rings. The molecule has 5 nitrogen and oxygen atoms in total. The Kier molecular flexibility index (Phi) is 4.21. The van der Waals surface area contributed by atoms with Crippen LogP contribution in [0.15, 0.2) is 18.2 Å². The smallest absolute Gasteiger partial charge is 0.329 e. The fraction of sp³-hybridized carbons (Fsp3) is 0.500. The van der Waals surface area contributed by atoms with E-state index in [9.17, 15) is 19.8 Å². The Hall–Kier alpha value is -2.04. The molecule has 0 aliphatic heterocycles. The van der Waals surface area contributed by atoms with Crippen LogP contribution in [0.25, 0.3) is 0 Å². The zero-order valence-corrected chi connectivity index (χ0v) is 12.3. The van der Waals surface area contributed by atoms with Gasteiger partial charge in [0.15, 0.2) is 0 Å². The molecule has 0 heterocycles. The number of phenols is 1. The van der Waals surface area contributed by atoms with Crippen LogP contribution in [-0.2, 0) is 4.79 Å². The Morgan fingerprint density at radius 3 is 2.67 bits per heavy atom. The van der Waals surface area contributed by atoms with Crippen molar-refractivity contribution < 1.29 is 19.8 Å². The highest BCUT2D eigenvalue weighted by atomic mass is 16.4. The molecule has 1 fully saturated rings. The average Bonchev–Trinajstić information content (AvgIpc) is 2.41. The third kappa shape index (κ3) is 3.17. The molecule has 2 atom stereocenters. The van der Waals surface area contributed by atoms with Gasteiger partial charge in [-0.05, 0) is 49.4 Å². The van der Waals surface area contributed by atoms with E-state index in [2.05, 4.69) is 5.32 Å². The number of carboxylic acid groups (broad SMARTS) is 1. The molecule has 0 aromatic heterocycles. The van der Waals surface area contributed by atoms with Gasteiger partial charge in [0, 0.05) is 5.56 Å². The largest absolute Gasteiger partial charge is 0.508 e. The van der Waals surface area contributed by atoms with Crippen molar-refractivity contribution in [2.75, 3.05) is 0 Å². The van der Waals surface area contributed by atoms with Gasteiger partial charge in [-0.2, -0.15) is 0 Å². The normalized spacial score (nSPS) is 25.3. The molecule has 1 aromatic carbocycles. The Morgan fingerprint density at radius 1 is 1.38 bits per heavy atom. The number of carbonyl (C=O) groups excluding carboxylic acids is 1. The summed E-state index contributed by atoms with van der Waals surface area (Å²) in [7, 11) is 0. The Bertz CT molecular complexity index is 569. The minimum atomic E-state index is -1.18. The number of carbonyl (C=O) groups is 2. The molecular weight excluding hydrogens is 270 g/mol. The number of rotatable bonds is 3. The first kappa shape index (κ1) is 15.4. The quantitative estimate of drug-likeness (QED) is 0.798. The van der Waals surface area contributed by atoms with Crippen LogP contribution in [0.4, 0.5) is 0 Å². The minimum Gasteiger partial charge on any atom is -0.508 e. The second-order valence-electron chi connectivity index (χ2n) is 6.04. The molecule has 0 radical (unpaired) electrons. The maximum absolute atomic E-state index is 12.3. The number of phenolic OH excluding ortho intramolecular Hbond substituents is 1. The van der Waals surface area contributed by atoms with E-state index in [-0.39, 0.29) is 11.7 Å². The van der Waals surface area contributed by atoms with Gasteiger partial charge in [0.25, 0.3) is 5.91 Å². The van der Waals surface area contributed by atoms with Crippen molar-refractivity contribution in [3.05, 3.63) is 29.3 Å². The van der Waals surface area contributed by atoms with Crippen molar-refractivity contribution in [2.24, 2.45) is 5.92 Å². The molecule has 0 saturated heterocycles. The zero-order chi connectivity index (χ0) is 15.6. The number of aryl methyl sites for hydroxylation is 1. The summed E-state index contributed by atoms with van der Waals surface area (Å²) in [4.78, 5) is 24.0. The summed E-state index contributed by atoms with van der Waals surface area (Å²) in [6, 6.07) is 4.51. The highest BCUT2D eigenvalue weighted by Gasteiger charge is 2.43. The zero-order valence-electron chi connectivity index (χ0n) is 12.3. The van der Waals surface area contributed by atoms with Gasteiger partial charge in [0.05, 0.1) is 0 Å². The lowest BCUT2D eigenvalue weighted by atomic mass is 9.76. The standard InChI is InChI=1S/C16H21NO4/c1-10-4-3-7-16(9-10,15(20)21)17-14(19)12-5-6-13(18)11(2)8-12/h5-6,8,10,18H,3-4,7,9H2,1-2H3,(H,17,19)(H,20,21). The van der Waals surface area contributed by atoms with Gasteiger partial charge < -0.3 is 15.5 Å². The van der Waals surface area contributed by atoms with Crippen molar-refractivity contribution in [3.63, 3.8) is 0 Å². The van der Waals surface area contributed by atoms with Crippen LogP contribution in [0.3, 0.4) is 0 Å². The molecule has 1 aliphatic carbocycles. The Balaban J connectivity index is 2.22. The van der Waals surface area contributed by atoms with Crippen molar-refractivity contribution in [2.45, 2.75) is 45.1 Å². The molecule has 1 aliphatic rings. The molecule has 2 unspecified atom stereocenters. The van der Waals surface area contributed by atoms with Crippen LogP contribution >= 0.6 is 0 Å². The van der Waals surface area contributed by atoms with Crippen molar-refractivity contribution in [1.82, 2.24) is 5.32 Å². The van der Waals surface area contributed by atoms with Gasteiger partial charge in [-0.25, -0.2) is 4.79 Å². The Morgan fingerprint density at radius 2 is 2.10 bits per heavy atom. The van der Waals surface area contributed by atoms with E-state index >= 15 is 0 Å². The van der Waals surface area contributed by atoms with E-state index in [1.54, 1.807) is 13.0 Å². The fourth-order valence-electron chi connectivity index (χ4n) is 3.00. The lowest BCUT2D eigenvalue weighted by Gasteiger charge is -2.37. The molecule has 114 valence electrons. The average molecular weight is 291 g/mol. The minimum absolute atomic E-state index is 0.116. The topological polar surface area (TPSA) is 86.6 Å². The number of amides is 1. The maximum Gasteiger partial charge on any atom is 0.329 e. The van der Waals surface area contributed by atoms with E-state index in [4.69, 9.17) is 0 Å². The monoisotopic (exact) mass is 291 g/mol. The number of nitrogens with one attached hydrogen (secondary N) is 1. The summed E-state index contributed by atoms with van der Waals surface area (Å²) in [6.45, 7) is 3.70. The van der Waals surface area contributed by atoms with Crippen LogP contribution in [0.5, 0.6) is 5.75 Å². The number of hydrogen-bond donors (Lipinski definition) is 3. The van der Waals surface area contributed by atoms with Gasteiger partial charge >= 0.3 is 5.97 Å². The van der Waals surface area contributed by atoms with Crippen LogP contribution in [0.2, 0.25) is 0 Å². The van der Waals surface area contributed by atoms with E-state index < -0.39 is 17.4 Å². The maximum atomic E-state index is 12.3. The van der Waals surface area contributed by atoms with E-state index in [0.29, 0.717) is 24.0 Å². The first-order valence-corrected chi connectivity index (χ1v) is 7.19. The molecule has 5 heteroatoms. The summed E-state index contributed by atoms with van der Waals surface area (Å²) in [5, 5.41) is 21.7. The number of carboxylic acids is 1. The third-order valence-electron chi connectivity index (χ3n) is 4.22. The third-order valence-corrected chi connectivity index (χ3v) is 4.22. The molecule has 0 spiro atoms. The van der Waals surface area contributed by atoms with E-state index in [1.807, 2.05) is 6.92 Å². The predicted molar refractivity (Wildman–Crippen MR) is 78.3 cm³/mol. The van der Waals surface area contributed by atoms with Gasteiger partial charge in [0.2, 0.25) is 0 Å². The predicted octanol–water partition coefficient (Wildman–Crippen LogP) is 2.46. The number of hydrogen-bond acceptors (Lipinski definition) is 3. The lowest BCUT2D eigenvalue weighted by Crippen LogP contribution is -2.56. The molecule has 21 heavy (non-hydrogen) atoms. The first-order chi connectivity index (χ1) is 9.84. The molecule has 1 saturated carbocycles. The first-order valence-electron chi connectivity index (χ1n) is 7.19. The fourth-order valence-corrected chi connectivity index (χ4v) is 3.00. The van der Waals surface area contributed by atoms with Gasteiger partial charge in [0.1, 0.15) is 11.3 Å². The van der Waals surface area contributed by atoms with Crippen molar-refractivity contribution >= 4 is 11.9 Å². The lowest BCUT2D eigenvalue weighted by molar-refractivity contribution is -0.146. The van der Waals surface area contributed by atoms with Crippen LogP contribution in [-0.4, -0.2) is 27.6 Å². The summed E-state index contributed by atoms with van der Waals surface area (Å²) < 4.78 is 0. The highest BCUT2D eigenvalue weighted by molar-refractivity contribution is 5.98. The SMILES string of the molecule is Cc1cc(C(=O)NC2(C(=O)O)CCCC(C)C2)ccc1O. The van der Waals surface area contributed by atoms with Crippen molar-refractivity contribution in [3.8, 4) is 5.75 Å². The van der Waals surface area contributed by atoms with E-state index in [0.717, 1.165) is 12.8 Å². The number of aliphatic carboxylic acids is 1. The summed E-state index contributed by atoms with van der Waals surface area (Å²) >= 11 is 0. The van der Waals surface area contributed by atoms with Crippen LogP contribution in [0.1, 0.15) is 48.5 Å². The molecule has 2 rings (SSSR count). The Labute approximate surface area is 124 Å². The van der Waals surface area contributed by atoms with Crippen LogP contribution < -0.4 is 5.32 Å². The van der Waals surface area contributed by atoms with E-state index in [1.165, 1.54) is 12.1 Å². The summed E-state index contributed by atoms with van der Waals surface area (Å²) in [5.41, 5.74) is -0.228. The van der Waals surface area contributed by atoms with Gasteiger partial charge in [-0.1, -0.05) is 19.8 Å². The molecule has 0 bridgehead atoms. The molecule has 1 amide bonds. The second-order valence-corrected chi connectivity index (χ2v) is 6.04. The highest BCUT2D eigenvalue weighted by Crippen LogP contribution is 2.33. The molecule has 3 N–H and O–H groups in total. The number of aromatic hydroxyl groups is 1. The van der Waals surface area contributed by atoms with Crippen molar-refractivity contribution in [1.29, 1.82) is 0 Å².